The van der Waals surface area contributed by atoms with Crippen LogP contribution in [-0.4, -0.2) is 82.4 Å². The topological polar surface area (TPSA) is 100 Å². The molecule has 1 saturated heterocycles. The number of aliphatic imine (C=N–C) groups is 1. The molecule has 3 rings (SSSR count). The molecule has 3 N–H and O–H groups in total. The molecule has 1 atom stereocenters. The molecule has 176 valence electrons. The molecule has 1 unspecified atom stereocenters. The lowest BCUT2D eigenvalue weighted by atomic mass is 10.2. The summed E-state index contributed by atoms with van der Waals surface area (Å²) in [6.45, 7) is 2.33. The Balaban J connectivity index is 1.54. The van der Waals surface area contributed by atoms with Crippen molar-refractivity contribution in [1.82, 2.24) is 20.5 Å². The van der Waals surface area contributed by atoms with E-state index in [1.54, 1.807) is 33.2 Å². The quantitative estimate of drug-likeness (QED) is 0.294. The fourth-order valence-corrected chi connectivity index (χ4v) is 3.62. The number of ether oxygens (including phenoxy) is 3. The lowest BCUT2D eigenvalue weighted by molar-refractivity contribution is -0.127. The minimum Gasteiger partial charge on any atom is -0.497 e. The van der Waals surface area contributed by atoms with E-state index >= 15 is 0 Å². The first-order valence-electron chi connectivity index (χ1n) is 11.1. The van der Waals surface area contributed by atoms with Crippen LogP contribution >= 0.6 is 0 Å². The van der Waals surface area contributed by atoms with Gasteiger partial charge in [0.15, 0.2) is 5.96 Å². The highest BCUT2D eigenvalue weighted by Gasteiger charge is 2.16. The third-order valence-corrected chi connectivity index (χ3v) is 5.49. The van der Waals surface area contributed by atoms with Gasteiger partial charge in [0.25, 0.3) is 0 Å². The highest BCUT2D eigenvalue weighted by Crippen LogP contribution is 2.31. The molecule has 1 aliphatic heterocycles. The average Bonchev–Trinajstić information content (AvgIpc) is 3.46. The summed E-state index contributed by atoms with van der Waals surface area (Å²) in [5.74, 6) is 2.15. The number of carbonyl (C=O) groups is 1. The van der Waals surface area contributed by atoms with Crippen LogP contribution in [0.1, 0.15) is 25.0 Å². The van der Waals surface area contributed by atoms with Crippen molar-refractivity contribution in [2.45, 2.75) is 31.8 Å². The lowest BCUT2D eigenvalue weighted by Gasteiger charge is -2.16. The largest absolute Gasteiger partial charge is 0.497 e. The Labute approximate surface area is 189 Å². The summed E-state index contributed by atoms with van der Waals surface area (Å²) in [6, 6.07) is 5.98. The van der Waals surface area contributed by atoms with E-state index < -0.39 is 0 Å². The molecular weight excluding hydrogens is 410 g/mol. The Morgan fingerprint density at radius 1 is 1.25 bits per heavy atom. The van der Waals surface area contributed by atoms with Gasteiger partial charge >= 0.3 is 0 Å². The standard InChI is InChI=1S/C23H35N5O4/c1-28(2)22(29)15-26-23(25-14-17-8-6-10-32-17)24-9-5-7-16-11-19-20(27-16)12-18(30-3)13-21(19)31-4/h11-13,17,27H,5-10,14-15H2,1-4H3,(H2,24,25,26). The van der Waals surface area contributed by atoms with Gasteiger partial charge in [0.2, 0.25) is 5.91 Å². The van der Waals surface area contributed by atoms with Crippen molar-refractivity contribution in [2.75, 3.05) is 54.6 Å². The number of rotatable bonds is 10. The molecule has 0 spiro atoms. The number of likely N-dealkylation sites (N-methyl/N-ethyl adjacent to an activating group) is 1. The molecular formula is C23H35N5O4. The molecule has 0 saturated carbocycles. The van der Waals surface area contributed by atoms with Crippen molar-refractivity contribution in [3.05, 3.63) is 23.9 Å². The van der Waals surface area contributed by atoms with Crippen molar-refractivity contribution in [3.63, 3.8) is 0 Å². The first-order chi connectivity index (χ1) is 15.5. The van der Waals surface area contributed by atoms with Crippen LogP contribution in [0.15, 0.2) is 23.2 Å². The predicted molar refractivity (Wildman–Crippen MR) is 126 cm³/mol. The normalized spacial score (nSPS) is 16.2. The monoisotopic (exact) mass is 445 g/mol. The number of H-pyrrole nitrogens is 1. The second-order valence-electron chi connectivity index (χ2n) is 8.08. The number of guanidine groups is 1. The van der Waals surface area contributed by atoms with Gasteiger partial charge in [0, 0.05) is 57.0 Å². The van der Waals surface area contributed by atoms with E-state index in [4.69, 9.17) is 14.2 Å². The minimum atomic E-state index is -0.0364. The van der Waals surface area contributed by atoms with Crippen LogP contribution in [0.5, 0.6) is 11.5 Å². The van der Waals surface area contributed by atoms with Crippen LogP contribution in [0.4, 0.5) is 0 Å². The van der Waals surface area contributed by atoms with Gasteiger partial charge in [-0.1, -0.05) is 0 Å². The summed E-state index contributed by atoms with van der Waals surface area (Å²) in [7, 11) is 6.77. The van der Waals surface area contributed by atoms with Gasteiger partial charge in [-0.2, -0.15) is 0 Å². The maximum atomic E-state index is 11.9. The summed E-state index contributed by atoms with van der Waals surface area (Å²) in [4.78, 5) is 21.3. The summed E-state index contributed by atoms with van der Waals surface area (Å²) in [5, 5.41) is 7.69. The molecule has 0 aliphatic carbocycles. The number of aromatic amines is 1. The number of hydrogen-bond donors (Lipinski definition) is 3. The van der Waals surface area contributed by atoms with Gasteiger partial charge in [-0.3, -0.25) is 4.79 Å². The number of nitrogens with one attached hydrogen (secondary N) is 3. The van der Waals surface area contributed by atoms with Crippen LogP contribution in [0.3, 0.4) is 0 Å². The average molecular weight is 446 g/mol. The van der Waals surface area contributed by atoms with E-state index in [0.717, 1.165) is 66.9 Å². The van der Waals surface area contributed by atoms with Crippen molar-refractivity contribution < 1.29 is 19.0 Å². The van der Waals surface area contributed by atoms with Gasteiger partial charge in [0.1, 0.15) is 18.0 Å². The van der Waals surface area contributed by atoms with Crippen LogP contribution in [0, 0.1) is 0 Å². The van der Waals surface area contributed by atoms with E-state index in [1.165, 1.54) is 0 Å². The molecule has 0 radical (unpaired) electrons. The molecule has 1 amide bonds. The molecule has 2 heterocycles. The van der Waals surface area contributed by atoms with Gasteiger partial charge in [-0.15, -0.1) is 0 Å². The van der Waals surface area contributed by atoms with Crippen molar-refractivity contribution in [3.8, 4) is 11.5 Å². The van der Waals surface area contributed by atoms with Crippen LogP contribution in [-0.2, 0) is 16.0 Å². The summed E-state index contributed by atoms with van der Waals surface area (Å²) >= 11 is 0. The number of aryl methyl sites for hydroxylation is 1. The predicted octanol–water partition coefficient (Wildman–Crippen LogP) is 1.92. The third kappa shape index (κ3) is 6.53. The van der Waals surface area contributed by atoms with Gasteiger partial charge in [0.05, 0.1) is 25.8 Å². The zero-order chi connectivity index (χ0) is 22.9. The molecule has 1 fully saturated rings. The zero-order valence-corrected chi connectivity index (χ0v) is 19.5. The lowest BCUT2D eigenvalue weighted by Crippen LogP contribution is -2.42. The summed E-state index contributed by atoms with van der Waals surface area (Å²) in [5.41, 5.74) is 2.12. The molecule has 2 aromatic rings. The second-order valence-corrected chi connectivity index (χ2v) is 8.08. The fraction of sp³-hybridized carbons (Fsp3) is 0.565. The number of amides is 1. The van der Waals surface area contributed by atoms with Crippen LogP contribution < -0.4 is 20.1 Å². The summed E-state index contributed by atoms with van der Waals surface area (Å²) in [6.07, 6.45) is 4.10. The van der Waals surface area contributed by atoms with E-state index in [-0.39, 0.29) is 18.6 Å². The van der Waals surface area contributed by atoms with Gasteiger partial charge in [-0.05, 0) is 31.7 Å². The SMILES string of the molecule is COc1cc(OC)c2cc(CCCNC(=NCC(=O)N(C)C)NCC3CCCO3)[nH]c2c1. The molecule has 9 nitrogen and oxygen atoms in total. The fourth-order valence-electron chi connectivity index (χ4n) is 3.62. The Kier molecular flexibility index (Phi) is 8.61. The maximum absolute atomic E-state index is 11.9. The third-order valence-electron chi connectivity index (χ3n) is 5.49. The van der Waals surface area contributed by atoms with Gasteiger partial charge < -0.3 is 34.7 Å². The maximum Gasteiger partial charge on any atom is 0.243 e. The number of benzene rings is 1. The van der Waals surface area contributed by atoms with Crippen LogP contribution in [0.2, 0.25) is 0 Å². The molecule has 32 heavy (non-hydrogen) atoms. The summed E-state index contributed by atoms with van der Waals surface area (Å²) < 4.78 is 16.5. The van der Waals surface area contributed by atoms with E-state index in [0.29, 0.717) is 12.5 Å². The number of nitrogens with zero attached hydrogens (tertiary/aromatic N) is 2. The smallest absolute Gasteiger partial charge is 0.243 e. The molecule has 1 aromatic carbocycles. The molecule has 0 bridgehead atoms. The Morgan fingerprint density at radius 3 is 2.78 bits per heavy atom. The van der Waals surface area contributed by atoms with Crippen molar-refractivity contribution >= 4 is 22.8 Å². The highest BCUT2D eigenvalue weighted by molar-refractivity contribution is 5.88. The number of aromatic nitrogens is 1. The van der Waals surface area contributed by atoms with Gasteiger partial charge in [-0.25, -0.2) is 4.99 Å². The molecule has 1 aromatic heterocycles. The second kappa shape index (κ2) is 11.6. The first kappa shape index (κ1) is 23.7. The first-order valence-corrected chi connectivity index (χ1v) is 11.1. The van der Waals surface area contributed by atoms with Crippen molar-refractivity contribution in [1.29, 1.82) is 0 Å². The van der Waals surface area contributed by atoms with Crippen molar-refractivity contribution in [2.24, 2.45) is 4.99 Å². The van der Waals surface area contributed by atoms with E-state index in [9.17, 15) is 4.79 Å². The molecule has 1 aliphatic rings. The highest BCUT2D eigenvalue weighted by atomic mass is 16.5. The number of hydrogen-bond acceptors (Lipinski definition) is 5. The molecule has 9 heteroatoms. The van der Waals surface area contributed by atoms with E-state index in [2.05, 4.69) is 26.7 Å². The minimum absolute atomic E-state index is 0.0364. The number of methoxy groups -OCH3 is 2. The number of fused-ring (bicyclic) bond motifs is 1. The Bertz CT molecular complexity index is 918. The van der Waals surface area contributed by atoms with E-state index in [1.807, 2.05) is 12.1 Å². The Hall–Kier alpha value is -2.94. The zero-order valence-electron chi connectivity index (χ0n) is 19.5. The Morgan fingerprint density at radius 2 is 2.09 bits per heavy atom. The van der Waals surface area contributed by atoms with Crippen LogP contribution in [0.25, 0.3) is 10.9 Å². The number of carbonyl (C=O) groups excluding carboxylic acids is 1.